The Kier molecular flexibility index (Phi) is 9.09. The first kappa shape index (κ1) is 10.2. The van der Waals surface area contributed by atoms with Gasteiger partial charge in [0.05, 0.1) is 11.8 Å². The summed E-state index contributed by atoms with van der Waals surface area (Å²) in [6.45, 7) is 0. The van der Waals surface area contributed by atoms with E-state index in [1.807, 2.05) is 0 Å². The molecule has 0 aliphatic carbocycles. The Balaban J connectivity index is 0. The molecule has 7 heavy (non-hydrogen) atoms. The second kappa shape index (κ2) is 6.21. The maximum atomic E-state index is 9.92. The molecule has 0 amide bonds. The van der Waals surface area contributed by atoms with Crippen molar-refractivity contribution in [1.29, 1.82) is 0 Å². The van der Waals surface area contributed by atoms with Crippen molar-refractivity contribution in [2.45, 2.75) is 0 Å². The number of Topliss-reactive ketones (excluding diaryl/α,β-unsaturated/α-hetero) is 1. The monoisotopic (exact) mass is 143 g/mol. The second-order valence-electron chi connectivity index (χ2n) is 0.806. The molecule has 0 aromatic heterocycles. The predicted octanol–water partition coefficient (Wildman–Crippen LogP) is 1.20. The highest BCUT2D eigenvalue weighted by Crippen LogP contribution is 1.80. The van der Waals surface area contributed by atoms with Gasteiger partial charge in [0.25, 0.3) is 0 Å². The van der Waals surface area contributed by atoms with Gasteiger partial charge in [-0.15, -0.1) is 23.2 Å². The van der Waals surface area contributed by atoms with Crippen molar-refractivity contribution in [3.8, 4) is 0 Å². The molecule has 0 atom stereocenters. The molecule has 2 nitrogen and oxygen atoms in total. The number of hydrogen-bond acceptors (Lipinski definition) is 2. The number of carbonyl (C=O) groups excluding carboxylic acids is 1. The topological polar surface area (TPSA) is 52.1 Å². The number of hydrogen-bond donors (Lipinski definition) is 1. The summed E-state index contributed by atoms with van der Waals surface area (Å²) in [5, 5.41) is 0. The fourth-order valence-electron chi connectivity index (χ4n) is 0.0357. The van der Waals surface area contributed by atoms with E-state index in [1.165, 1.54) is 0 Å². The average Bonchev–Trinajstić information content (AvgIpc) is 1.65. The van der Waals surface area contributed by atoms with E-state index in [2.05, 4.69) is 0 Å². The van der Waals surface area contributed by atoms with Crippen molar-refractivity contribution in [1.82, 2.24) is 6.15 Å². The zero-order chi connectivity index (χ0) is 4.99. The Morgan fingerprint density at radius 1 is 1.29 bits per heavy atom. The fraction of sp³-hybridized carbons (Fsp3) is 0.667. The Bertz CT molecular complexity index is 50.9. The zero-order valence-electron chi connectivity index (χ0n) is 3.79. The smallest absolute Gasteiger partial charge is 0.162 e. The summed E-state index contributed by atoms with van der Waals surface area (Å²) in [5.74, 6) is -0.0640. The van der Waals surface area contributed by atoms with Crippen LogP contribution in [-0.2, 0) is 4.79 Å². The standard InChI is InChI=1S/C3H4Cl2O.H3N/c4-1-3(6)2-5;/h1-2H2;1H3. The highest BCUT2D eigenvalue weighted by atomic mass is 35.5. The van der Waals surface area contributed by atoms with Crippen LogP contribution in [0.1, 0.15) is 0 Å². The van der Waals surface area contributed by atoms with E-state index in [9.17, 15) is 4.79 Å². The van der Waals surface area contributed by atoms with Gasteiger partial charge in [-0.1, -0.05) is 0 Å². The molecule has 0 aliphatic rings. The van der Waals surface area contributed by atoms with Crippen LogP contribution in [0.3, 0.4) is 0 Å². The molecule has 0 aromatic rings. The van der Waals surface area contributed by atoms with Crippen LogP contribution in [0, 0.1) is 0 Å². The molecule has 0 aromatic carbocycles. The Morgan fingerprint density at radius 2 is 1.57 bits per heavy atom. The van der Waals surface area contributed by atoms with E-state index in [0.717, 1.165) is 0 Å². The van der Waals surface area contributed by atoms with Crippen LogP contribution in [0.4, 0.5) is 0 Å². The van der Waals surface area contributed by atoms with E-state index >= 15 is 0 Å². The van der Waals surface area contributed by atoms with E-state index in [-0.39, 0.29) is 23.7 Å². The van der Waals surface area contributed by atoms with Crippen molar-refractivity contribution in [3.63, 3.8) is 0 Å². The van der Waals surface area contributed by atoms with Gasteiger partial charge >= 0.3 is 0 Å². The summed E-state index contributed by atoms with van der Waals surface area (Å²) >= 11 is 10.0. The molecule has 0 unspecified atom stereocenters. The second-order valence-corrected chi connectivity index (χ2v) is 1.34. The molecule has 4 heteroatoms. The lowest BCUT2D eigenvalue weighted by atomic mass is 10.5. The van der Waals surface area contributed by atoms with Crippen molar-refractivity contribution < 1.29 is 4.79 Å². The maximum absolute atomic E-state index is 9.92. The summed E-state index contributed by atoms with van der Waals surface area (Å²) in [4.78, 5) is 9.92. The number of halogens is 2. The van der Waals surface area contributed by atoms with Gasteiger partial charge in [-0.3, -0.25) is 4.79 Å². The number of ketones is 1. The molecule has 44 valence electrons. The first-order valence-electron chi connectivity index (χ1n) is 1.45. The third kappa shape index (κ3) is 6.21. The molecule has 0 spiro atoms. The number of alkyl halides is 2. The lowest BCUT2D eigenvalue weighted by Crippen LogP contribution is -1.98. The van der Waals surface area contributed by atoms with Gasteiger partial charge < -0.3 is 6.15 Å². The molecule has 0 aliphatic heterocycles. The van der Waals surface area contributed by atoms with Gasteiger partial charge in [-0.05, 0) is 0 Å². The van der Waals surface area contributed by atoms with Crippen molar-refractivity contribution in [2.24, 2.45) is 0 Å². The molecule has 0 heterocycles. The minimum Gasteiger partial charge on any atom is -0.344 e. The van der Waals surface area contributed by atoms with Crippen LogP contribution >= 0.6 is 23.2 Å². The Morgan fingerprint density at radius 3 is 1.57 bits per heavy atom. The minimum absolute atomic E-state index is 0. The van der Waals surface area contributed by atoms with Crippen LogP contribution in [0.25, 0.3) is 0 Å². The number of carbonyl (C=O) groups is 1. The van der Waals surface area contributed by atoms with Crippen molar-refractivity contribution in [2.75, 3.05) is 11.8 Å². The highest BCUT2D eigenvalue weighted by Gasteiger charge is 1.90. The Hall–Kier alpha value is 0.210. The first-order chi connectivity index (χ1) is 2.81. The fourth-order valence-corrected chi connectivity index (χ4v) is 0.321. The summed E-state index contributed by atoms with van der Waals surface area (Å²) in [7, 11) is 0. The van der Waals surface area contributed by atoms with Gasteiger partial charge in [-0.25, -0.2) is 0 Å². The molecule has 0 bridgehead atoms. The summed E-state index contributed by atoms with van der Waals surface area (Å²) in [6, 6.07) is 0. The molecule has 0 radical (unpaired) electrons. The predicted molar refractivity (Wildman–Crippen MR) is 31.5 cm³/mol. The normalized spacial score (nSPS) is 7.14. The largest absolute Gasteiger partial charge is 0.344 e. The third-order valence-corrected chi connectivity index (χ3v) is 0.894. The van der Waals surface area contributed by atoms with Crippen LogP contribution in [-0.4, -0.2) is 17.5 Å². The quantitative estimate of drug-likeness (QED) is 0.591. The molecule has 0 fully saturated rings. The average molecular weight is 144 g/mol. The number of rotatable bonds is 2. The molecule has 0 saturated carbocycles. The van der Waals surface area contributed by atoms with Crippen LogP contribution in [0.5, 0.6) is 0 Å². The van der Waals surface area contributed by atoms with Crippen LogP contribution in [0.15, 0.2) is 0 Å². The Labute approximate surface area is 52.4 Å². The van der Waals surface area contributed by atoms with Crippen molar-refractivity contribution >= 4 is 29.0 Å². The zero-order valence-corrected chi connectivity index (χ0v) is 5.30. The van der Waals surface area contributed by atoms with E-state index in [1.54, 1.807) is 0 Å². The molecular weight excluding hydrogens is 137 g/mol. The highest BCUT2D eigenvalue weighted by molar-refractivity contribution is 6.35. The molecular formula is C3H7Cl2NO. The van der Waals surface area contributed by atoms with Gasteiger partial charge in [-0.2, -0.15) is 0 Å². The third-order valence-electron chi connectivity index (χ3n) is 0.298. The first-order valence-corrected chi connectivity index (χ1v) is 2.51. The van der Waals surface area contributed by atoms with Gasteiger partial charge in [0, 0.05) is 0 Å². The van der Waals surface area contributed by atoms with Crippen molar-refractivity contribution in [3.05, 3.63) is 0 Å². The van der Waals surface area contributed by atoms with Crippen LogP contribution < -0.4 is 6.15 Å². The summed E-state index contributed by atoms with van der Waals surface area (Å²) < 4.78 is 0. The molecule has 0 rings (SSSR count). The lowest BCUT2D eigenvalue weighted by molar-refractivity contribution is -0.114. The SMILES string of the molecule is N.O=C(CCl)CCl. The minimum atomic E-state index is -0.127. The van der Waals surface area contributed by atoms with Gasteiger partial charge in [0.15, 0.2) is 5.78 Å². The van der Waals surface area contributed by atoms with Crippen LogP contribution in [0.2, 0.25) is 0 Å². The van der Waals surface area contributed by atoms with Gasteiger partial charge in [0.1, 0.15) is 0 Å². The van der Waals surface area contributed by atoms with E-state index in [4.69, 9.17) is 23.2 Å². The maximum Gasteiger partial charge on any atom is 0.162 e. The molecule has 3 N–H and O–H groups in total. The summed E-state index contributed by atoms with van der Waals surface area (Å²) in [6.07, 6.45) is 0. The van der Waals surface area contributed by atoms with Gasteiger partial charge in [0.2, 0.25) is 0 Å². The van der Waals surface area contributed by atoms with E-state index in [0.29, 0.717) is 0 Å². The van der Waals surface area contributed by atoms with E-state index < -0.39 is 0 Å². The summed E-state index contributed by atoms with van der Waals surface area (Å²) in [5.41, 5.74) is 0. The lowest BCUT2D eigenvalue weighted by Gasteiger charge is -1.77. The molecule has 0 saturated heterocycles.